The van der Waals surface area contributed by atoms with Gasteiger partial charge in [0.1, 0.15) is 5.75 Å². The first-order valence-electron chi connectivity index (χ1n) is 9.05. The van der Waals surface area contributed by atoms with Crippen LogP contribution >= 0.6 is 0 Å². The van der Waals surface area contributed by atoms with Crippen LogP contribution in [0, 0.1) is 0 Å². The Balaban J connectivity index is 1.71. The molecule has 24 heavy (non-hydrogen) atoms. The van der Waals surface area contributed by atoms with Gasteiger partial charge in [-0.05, 0) is 62.4 Å². The highest BCUT2D eigenvalue weighted by Crippen LogP contribution is 2.31. The number of methoxy groups -OCH3 is 1. The van der Waals surface area contributed by atoms with E-state index in [0.717, 1.165) is 56.6 Å². The summed E-state index contributed by atoms with van der Waals surface area (Å²) in [5.41, 5.74) is 2.22. The largest absolute Gasteiger partial charge is 0.497 e. The van der Waals surface area contributed by atoms with Crippen LogP contribution in [-0.2, 0) is 11.2 Å². The molecule has 0 aliphatic carbocycles. The standard InChI is InChI=1S/C19H28N2O3/c1-24-17-7-8-18-15(13-17)5-4-11-21(18)19(23)14-20-10-3-2-6-16(20)9-12-22/h7-8,13,16,22H,2-6,9-12,14H2,1H3. The molecule has 1 unspecified atom stereocenters. The predicted octanol–water partition coefficient (Wildman–Crippen LogP) is 2.21. The molecule has 0 saturated carbocycles. The molecule has 0 radical (unpaired) electrons. The second kappa shape index (κ2) is 7.99. The van der Waals surface area contributed by atoms with Gasteiger partial charge < -0.3 is 14.7 Å². The van der Waals surface area contributed by atoms with Crippen LogP contribution in [-0.4, -0.2) is 55.3 Å². The van der Waals surface area contributed by atoms with E-state index in [1.54, 1.807) is 7.11 Å². The molecule has 2 aliphatic rings. The van der Waals surface area contributed by atoms with Gasteiger partial charge in [0.2, 0.25) is 5.91 Å². The van der Waals surface area contributed by atoms with Crippen LogP contribution in [0.15, 0.2) is 18.2 Å². The van der Waals surface area contributed by atoms with Gasteiger partial charge in [-0.25, -0.2) is 0 Å². The second-order valence-electron chi connectivity index (χ2n) is 6.78. The number of ether oxygens (including phenoxy) is 1. The SMILES string of the molecule is COc1ccc2c(c1)CCCN2C(=O)CN1CCCCC1CCO. The minimum absolute atomic E-state index is 0.172. The molecule has 2 aliphatic heterocycles. The summed E-state index contributed by atoms with van der Waals surface area (Å²) < 4.78 is 5.30. The van der Waals surface area contributed by atoms with Gasteiger partial charge in [-0.2, -0.15) is 0 Å². The van der Waals surface area contributed by atoms with Crippen molar-refractivity contribution in [1.29, 1.82) is 0 Å². The van der Waals surface area contributed by atoms with Gasteiger partial charge in [0.25, 0.3) is 0 Å². The van der Waals surface area contributed by atoms with Gasteiger partial charge in [-0.15, -0.1) is 0 Å². The zero-order valence-corrected chi connectivity index (χ0v) is 14.5. The Morgan fingerprint density at radius 1 is 1.29 bits per heavy atom. The lowest BCUT2D eigenvalue weighted by Gasteiger charge is -2.37. The fourth-order valence-electron chi connectivity index (χ4n) is 3.96. The number of benzene rings is 1. The number of hydrogen-bond donors (Lipinski definition) is 1. The minimum atomic E-state index is 0.172. The third-order valence-electron chi connectivity index (χ3n) is 5.26. The summed E-state index contributed by atoms with van der Waals surface area (Å²) in [5.74, 6) is 1.02. The molecule has 3 rings (SSSR count). The molecule has 1 fully saturated rings. The van der Waals surface area contributed by atoms with E-state index in [1.807, 2.05) is 23.1 Å². The van der Waals surface area contributed by atoms with Crippen LogP contribution in [0.2, 0.25) is 0 Å². The Morgan fingerprint density at radius 3 is 2.96 bits per heavy atom. The maximum atomic E-state index is 12.9. The van der Waals surface area contributed by atoms with Crippen LogP contribution in [0.25, 0.3) is 0 Å². The smallest absolute Gasteiger partial charge is 0.241 e. The van der Waals surface area contributed by atoms with Crippen LogP contribution in [0.4, 0.5) is 5.69 Å². The fraction of sp³-hybridized carbons (Fsp3) is 0.632. The molecule has 5 nitrogen and oxygen atoms in total. The van der Waals surface area contributed by atoms with Crippen molar-refractivity contribution in [1.82, 2.24) is 4.90 Å². The normalized spacial score (nSPS) is 21.4. The molecule has 5 heteroatoms. The molecule has 1 aromatic carbocycles. The zero-order valence-electron chi connectivity index (χ0n) is 14.5. The summed E-state index contributed by atoms with van der Waals surface area (Å²) in [6.45, 7) is 2.40. The van der Waals surface area contributed by atoms with Gasteiger partial charge in [0.15, 0.2) is 0 Å². The monoisotopic (exact) mass is 332 g/mol. The molecule has 2 heterocycles. The number of amides is 1. The van der Waals surface area contributed by atoms with Crippen molar-refractivity contribution in [3.05, 3.63) is 23.8 Å². The highest BCUT2D eigenvalue weighted by Gasteiger charge is 2.28. The Bertz CT molecular complexity index is 574. The third kappa shape index (κ3) is 3.73. The van der Waals surface area contributed by atoms with Gasteiger partial charge >= 0.3 is 0 Å². The van der Waals surface area contributed by atoms with Crippen molar-refractivity contribution in [2.75, 3.05) is 38.3 Å². The van der Waals surface area contributed by atoms with Gasteiger partial charge in [-0.1, -0.05) is 6.42 Å². The summed E-state index contributed by atoms with van der Waals surface area (Å²) in [6, 6.07) is 6.32. The number of carbonyl (C=O) groups is 1. The fourth-order valence-corrected chi connectivity index (χ4v) is 3.96. The number of rotatable bonds is 5. The van der Waals surface area contributed by atoms with Crippen LogP contribution in [0.5, 0.6) is 5.75 Å². The first kappa shape index (κ1) is 17.2. The molecule has 1 aromatic rings. The van der Waals surface area contributed by atoms with E-state index in [9.17, 15) is 9.90 Å². The quantitative estimate of drug-likeness (QED) is 0.898. The minimum Gasteiger partial charge on any atom is -0.497 e. The summed E-state index contributed by atoms with van der Waals surface area (Å²) in [7, 11) is 1.67. The second-order valence-corrected chi connectivity index (χ2v) is 6.78. The molecular weight excluding hydrogens is 304 g/mol. The Hall–Kier alpha value is -1.59. The molecule has 0 spiro atoms. The Labute approximate surface area is 144 Å². The van der Waals surface area contributed by atoms with E-state index < -0.39 is 0 Å². The number of likely N-dealkylation sites (tertiary alicyclic amines) is 1. The maximum absolute atomic E-state index is 12.9. The van der Waals surface area contributed by atoms with Crippen molar-refractivity contribution >= 4 is 11.6 Å². The first-order valence-corrected chi connectivity index (χ1v) is 9.05. The van der Waals surface area contributed by atoms with Crippen molar-refractivity contribution in [2.24, 2.45) is 0 Å². The van der Waals surface area contributed by atoms with E-state index in [0.29, 0.717) is 12.6 Å². The number of hydrogen-bond acceptors (Lipinski definition) is 4. The number of piperidine rings is 1. The molecule has 1 saturated heterocycles. The van der Waals surface area contributed by atoms with Crippen LogP contribution in [0.3, 0.4) is 0 Å². The lowest BCUT2D eigenvalue weighted by Crippen LogP contribution is -2.48. The lowest BCUT2D eigenvalue weighted by atomic mass is 9.99. The average Bonchev–Trinajstić information content (AvgIpc) is 2.62. The van der Waals surface area contributed by atoms with E-state index in [1.165, 1.54) is 12.0 Å². The van der Waals surface area contributed by atoms with Crippen molar-refractivity contribution in [3.63, 3.8) is 0 Å². The summed E-state index contributed by atoms with van der Waals surface area (Å²) in [6.07, 6.45) is 6.17. The van der Waals surface area contributed by atoms with Gasteiger partial charge in [0, 0.05) is 24.9 Å². The highest BCUT2D eigenvalue weighted by atomic mass is 16.5. The van der Waals surface area contributed by atoms with Crippen molar-refractivity contribution in [3.8, 4) is 5.75 Å². The van der Waals surface area contributed by atoms with Gasteiger partial charge in [-0.3, -0.25) is 9.69 Å². The molecular formula is C19H28N2O3. The first-order chi connectivity index (χ1) is 11.7. The molecule has 1 N–H and O–H groups in total. The van der Waals surface area contributed by atoms with Crippen LogP contribution < -0.4 is 9.64 Å². The molecule has 1 atom stereocenters. The van der Waals surface area contributed by atoms with Crippen molar-refractivity contribution in [2.45, 2.75) is 44.6 Å². The summed E-state index contributed by atoms with van der Waals surface area (Å²) >= 11 is 0. The summed E-state index contributed by atoms with van der Waals surface area (Å²) in [5, 5.41) is 9.26. The van der Waals surface area contributed by atoms with E-state index >= 15 is 0 Å². The maximum Gasteiger partial charge on any atom is 0.241 e. The van der Waals surface area contributed by atoms with Crippen LogP contribution in [0.1, 0.15) is 37.7 Å². The zero-order chi connectivity index (χ0) is 16.9. The Kier molecular flexibility index (Phi) is 5.74. The molecule has 0 aromatic heterocycles. The number of aryl methyl sites for hydroxylation is 1. The van der Waals surface area contributed by atoms with E-state index in [2.05, 4.69) is 4.90 Å². The van der Waals surface area contributed by atoms with Crippen molar-refractivity contribution < 1.29 is 14.6 Å². The number of fused-ring (bicyclic) bond motifs is 1. The highest BCUT2D eigenvalue weighted by molar-refractivity contribution is 5.96. The van der Waals surface area contributed by atoms with E-state index in [4.69, 9.17) is 4.74 Å². The molecule has 132 valence electrons. The average molecular weight is 332 g/mol. The number of anilines is 1. The predicted molar refractivity (Wildman–Crippen MR) is 94.6 cm³/mol. The Morgan fingerprint density at radius 2 is 2.17 bits per heavy atom. The van der Waals surface area contributed by atoms with Gasteiger partial charge in [0.05, 0.1) is 13.7 Å². The molecule has 0 bridgehead atoms. The number of carbonyl (C=O) groups excluding carboxylic acids is 1. The number of aliphatic hydroxyl groups is 1. The number of nitrogens with zero attached hydrogens (tertiary/aromatic N) is 2. The van der Waals surface area contributed by atoms with E-state index in [-0.39, 0.29) is 12.5 Å². The number of aliphatic hydroxyl groups excluding tert-OH is 1. The summed E-state index contributed by atoms with van der Waals surface area (Å²) in [4.78, 5) is 17.1. The topological polar surface area (TPSA) is 53.0 Å². The third-order valence-corrected chi connectivity index (χ3v) is 5.26. The molecule has 1 amide bonds. The lowest BCUT2D eigenvalue weighted by molar-refractivity contribution is -0.120.